The molecule has 1 atom stereocenters. The van der Waals surface area contributed by atoms with E-state index in [9.17, 15) is 4.79 Å². The highest BCUT2D eigenvalue weighted by Gasteiger charge is 2.28. The van der Waals surface area contributed by atoms with Gasteiger partial charge in [0.15, 0.2) is 0 Å². The Morgan fingerprint density at radius 2 is 2.31 bits per heavy atom. The average Bonchev–Trinajstić information content (AvgIpc) is 2.83. The third-order valence-corrected chi connectivity index (χ3v) is 3.57. The molecule has 6 heteroatoms. The molecule has 90 valence electrons. The van der Waals surface area contributed by atoms with Crippen molar-refractivity contribution >= 4 is 23.2 Å². The largest absolute Gasteiger partial charge is 0.392 e. The van der Waals surface area contributed by atoms with Crippen LogP contribution >= 0.6 is 12.2 Å². The zero-order chi connectivity index (χ0) is 11.5. The van der Waals surface area contributed by atoms with Crippen LogP contribution in [0.2, 0.25) is 0 Å². The molecule has 3 N–H and O–H groups in total. The van der Waals surface area contributed by atoms with E-state index in [2.05, 4.69) is 10.2 Å². The molecule has 2 fully saturated rings. The third kappa shape index (κ3) is 2.44. The van der Waals surface area contributed by atoms with E-state index in [0.717, 1.165) is 45.6 Å². The zero-order valence-corrected chi connectivity index (χ0v) is 10.1. The fourth-order valence-electron chi connectivity index (χ4n) is 2.39. The van der Waals surface area contributed by atoms with Crippen molar-refractivity contribution in [1.29, 1.82) is 0 Å². The highest BCUT2D eigenvalue weighted by Crippen LogP contribution is 2.17. The number of nitrogens with zero attached hydrogens (tertiary/aromatic N) is 2. The van der Waals surface area contributed by atoms with E-state index >= 15 is 0 Å². The summed E-state index contributed by atoms with van der Waals surface area (Å²) in [5, 5.41) is 2.80. The van der Waals surface area contributed by atoms with E-state index in [4.69, 9.17) is 18.0 Å². The number of rotatable bonds is 4. The Bertz CT molecular complexity index is 297. The molecule has 16 heavy (non-hydrogen) atoms. The van der Waals surface area contributed by atoms with Crippen LogP contribution in [0.25, 0.3) is 0 Å². The van der Waals surface area contributed by atoms with Crippen LogP contribution in [-0.2, 0) is 0 Å². The van der Waals surface area contributed by atoms with Gasteiger partial charge in [0.25, 0.3) is 0 Å². The van der Waals surface area contributed by atoms with Crippen molar-refractivity contribution in [1.82, 2.24) is 15.1 Å². The number of hydrogen-bond donors (Lipinski definition) is 2. The molecule has 0 spiro atoms. The van der Waals surface area contributed by atoms with Gasteiger partial charge in [0.1, 0.15) is 0 Å². The van der Waals surface area contributed by atoms with Gasteiger partial charge in [-0.25, -0.2) is 4.79 Å². The molecule has 0 saturated carbocycles. The minimum atomic E-state index is 0.0473. The third-order valence-electron chi connectivity index (χ3n) is 3.29. The minimum absolute atomic E-state index is 0.0473. The second kappa shape index (κ2) is 4.97. The molecule has 2 rings (SSSR count). The first-order valence-electron chi connectivity index (χ1n) is 5.74. The molecular weight excluding hydrogens is 224 g/mol. The molecule has 5 nitrogen and oxygen atoms in total. The monoisotopic (exact) mass is 242 g/mol. The lowest BCUT2D eigenvalue weighted by Gasteiger charge is -2.25. The Kier molecular flexibility index (Phi) is 3.60. The van der Waals surface area contributed by atoms with Crippen molar-refractivity contribution in [2.75, 3.05) is 32.7 Å². The fourth-order valence-corrected chi connectivity index (χ4v) is 2.66. The summed E-state index contributed by atoms with van der Waals surface area (Å²) >= 11 is 5.05. The number of urea groups is 1. The minimum Gasteiger partial charge on any atom is -0.392 e. The molecule has 0 aromatic rings. The smallest absolute Gasteiger partial charge is 0.317 e. The molecule has 2 saturated heterocycles. The Morgan fingerprint density at radius 1 is 1.50 bits per heavy atom. The van der Waals surface area contributed by atoms with E-state index in [1.165, 1.54) is 0 Å². The lowest BCUT2D eigenvalue weighted by atomic mass is 10.2. The van der Waals surface area contributed by atoms with Crippen molar-refractivity contribution in [2.24, 2.45) is 5.73 Å². The Labute approximate surface area is 101 Å². The first-order valence-corrected chi connectivity index (χ1v) is 6.15. The molecular formula is C10H18N4OS. The molecule has 1 unspecified atom stereocenters. The molecule has 0 aliphatic carbocycles. The number of nitrogens with one attached hydrogen (secondary N) is 1. The van der Waals surface area contributed by atoms with Gasteiger partial charge in [-0.2, -0.15) is 0 Å². The average molecular weight is 242 g/mol. The quantitative estimate of drug-likeness (QED) is 0.668. The summed E-state index contributed by atoms with van der Waals surface area (Å²) < 4.78 is 0. The fraction of sp³-hybridized carbons (Fsp3) is 0.800. The van der Waals surface area contributed by atoms with Crippen LogP contribution in [-0.4, -0.2) is 59.6 Å². The van der Waals surface area contributed by atoms with Crippen LogP contribution < -0.4 is 11.1 Å². The molecule has 2 aliphatic heterocycles. The second-order valence-electron chi connectivity index (χ2n) is 4.32. The number of likely N-dealkylation sites (tertiary alicyclic amines) is 1. The van der Waals surface area contributed by atoms with Crippen LogP contribution in [0.15, 0.2) is 0 Å². The summed E-state index contributed by atoms with van der Waals surface area (Å²) in [6.45, 7) is 4.25. The van der Waals surface area contributed by atoms with Crippen LogP contribution in [0, 0.1) is 0 Å². The van der Waals surface area contributed by atoms with Gasteiger partial charge in [0.2, 0.25) is 0 Å². The Hall–Kier alpha value is -0.880. The standard InChI is InChI=1S/C10H18N4OS/c11-9(16)8-2-1-4-13(8)6-7-14-5-3-12-10(14)15/h8H,1-7H2,(H2,11,16)(H,12,15). The highest BCUT2D eigenvalue weighted by molar-refractivity contribution is 7.80. The van der Waals surface area contributed by atoms with Crippen LogP contribution in [0.1, 0.15) is 12.8 Å². The molecule has 0 aromatic carbocycles. The topological polar surface area (TPSA) is 61.6 Å². The molecule has 2 aliphatic rings. The lowest BCUT2D eigenvalue weighted by Crippen LogP contribution is -2.43. The number of carbonyl (C=O) groups excluding carboxylic acids is 1. The zero-order valence-electron chi connectivity index (χ0n) is 9.32. The van der Waals surface area contributed by atoms with Gasteiger partial charge < -0.3 is 16.0 Å². The van der Waals surface area contributed by atoms with Gasteiger partial charge in [0.05, 0.1) is 11.0 Å². The van der Waals surface area contributed by atoms with E-state index in [1.54, 1.807) is 0 Å². The van der Waals surface area contributed by atoms with Crippen molar-refractivity contribution in [3.63, 3.8) is 0 Å². The van der Waals surface area contributed by atoms with Gasteiger partial charge in [-0.15, -0.1) is 0 Å². The van der Waals surface area contributed by atoms with Crippen LogP contribution in [0.3, 0.4) is 0 Å². The number of amides is 2. The second-order valence-corrected chi connectivity index (χ2v) is 4.79. The summed E-state index contributed by atoms with van der Waals surface area (Å²) in [5.74, 6) is 0. The van der Waals surface area contributed by atoms with E-state index in [-0.39, 0.29) is 12.1 Å². The van der Waals surface area contributed by atoms with E-state index < -0.39 is 0 Å². The van der Waals surface area contributed by atoms with Gasteiger partial charge in [-0.05, 0) is 19.4 Å². The van der Waals surface area contributed by atoms with Crippen molar-refractivity contribution in [3.05, 3.63) is 0 Å². The van der Waals surface area contributed by atoms with Gasteiger partial charge in [-0.3, -0.25) is 4.90 Å². The molecule has 0 radical (unpaired) electrons. The SMILES string of the molecule is NC(=S)C1CCCN1CCN1CCNC1=O. The predicted octanol–water partition coefficient (Wildman–Crippen LogP) is -0.238. The van der Waals surface area contributed by atoms with Crippen LogP contribution in [0.4, 0.5) is 4.79 Å². The maximum Gasteiger partial charge on any atom is 0.317 e. The lowest BCUT2D eigenvalue weighted by molar-refractivity contribution is 0.205. The first kappa shape index (κ1) is 11.6. The molecule has 0 aromatic heterocycles. The number of thiocarbonyl (C=S) groups is 1. The number of hydrogen-bond acceptors (Lipinski definition) is 3. The Morgan fingerprint density at radius 3 is 2.94 bits per heavy atom. The van der Waals surface area contributed by atoms with Crippen LogP contribution in [0.5, 0.6) is 0 Å². The summed E-state index contributed by atoms with van der Waals surface area (Å²) in [6.07, 6.45) is 2.20. The molecule has 2 heterocycles. The number of carbonyl (C=O) groups is 1. The van der Waals surface area contributed by atoms with Gasteiger partial charge in [0, 0.05) is 26.2 Å². The summed E-state index contributed by atoms with van der Waals surface area (Å²) in [7, 11) is 0. The highest BCUT2D eigenvalue weighted by atomic mass is 32.1. The molecule has 2 amide bonds. The summed E-state index contributed by atoms with van der Waals surface area (Å²) in [5.41, 5.74) is 5.70. The van der Waals surface area contributed by atoms with Gasteiger partial charge in [-0.1, -0.05) is 12.2 Å². The van der Waals surface area contributed by atoms with Gasteiger partial charge >= 0.3 is 6.03 Å². The van der Waals surface area contributed by atoms with E-state index in [1.807, 2.05) is 4.90 Å². The van der Waals surface area contributed by atoms with Crippen molar-refractivity contribution in [3.8, 4) is 0 Å². The first-order chi connectivity index (χ1) is 7.68. The van der Waals surface area contributed by atoms with Crippen molar-refractivity contribution in [2.45, 2.75) is 18.9 Å². The van der Waals surface area contributed by atoms with Crippen molar-refractivity contribution < 1.29 is 4.79 Å². The maximum absolute atomic E-state index is 11.3. The Balaban J connectivity index is 1.80. The van der Waals surface area contributed by atoms with E-state index in [0.29, 0.717) is 4.99 Å². The number of nitrogens with two attached hydrogens (primary N) is 1. The molecule has 0 bridgehead atoms. The normalized spacial score (nSPS) is 26.1. The summed E-state index contributed by atoms with van der Waals surface area (Å²) in [6, 6.07) is 0.284. The predicted molar refractivity (Wildman–Crippen MR) is 66.4 cm³/mol. The maximum atomic E-state index is 11.3. The summed E-state index contributed by atoms with van der Waals surface area (Å²) in [4.78, 5) is 16.1.